The SMILES string of the molecule is COCCNC(=O)NCc1cc2ccccc2o1. The Morgan fingerprint density at radius 2 is 2.17 bits per heavy atom. The van der Waals surface area contributed by atoms with Crippen LogP contribution in [-0.2, 0) is 11.3 Å². The molecule has 0 atom stereocenters. The minimum atomic E-state index is -0.229. The molecule has 0 saturated carbocycles. The molecule has 5 heteroatoms. The van der Waals surface area contributed by atoms with Crippen LogP contribution in [0.1, 0.15) is 5.76 Å². The van der Waals surface area contributed by atoms with E-state index >= 15 is 0 Å². The van der Waals surface area contributed by atoms with Crippen molar-refractivity contribution in [1.29, 1.82) is 0 Å². The van der Waals surface area contributed by atoms with Crippen LogP contribution in [0.5, 0.6) is 0 Å². The smallest absolute Gasteiger partial charge is 0.315 e. The molecule has 0 unspecified atom stereocenters. The molecular weight excluding hydrogens is 232 g/mol. The molecule has 2 rings (SSSR count). The minimum absolute atomic E-state index is 0.229. The van der Waals surface area contributed by atoms with E-state index in [0.717, 1.165) is 16.7 Å². The summed E-state index contributed by atoms with van der Waals surface area (Å²) in [5.74, 6) is 0.734. The van der Waals surface area contributed by atoms with E-state index in [9.17, 15) is 4.79 Å². The first-order valence-electron chi connectivity index (χ1n) is 5.77. The second kappa shape index (κ2) is 6.07. The Hall–Kier alpha value is -2.01. The van der Waals surface area contributed by atoms with Gasteiger partial charge in [-0.3, -0.25) is 0 Å². The topological polar surface area (TPSA) is 63.5 Å². The minimum Gasteiger partial charge on any atom is -0.459 e. The number of hydrogen-bond donors (Lipinski definition) is 2. The van der Waals surface area contributed by atoms with Crippen LogP contribution in [0.2, 0.25) is 0 Å². The summed E-state index contributed by atoms with van der Waals surface area (Å²) in [7, 11) is 1.59. The van der Waals surface area contributed by atoms with Gasteiger partial charge in [0.2, 0.25) is 0 Å². The number of para-hydroxylation sites is 1. The van der Waals surface area contributed by atoms with E-state index in [0.29, 0.717) is 19.7 Å². The van der Waals surface area contributed by atoms with Gasteiger partial charge in [-0.2, -0.15) is 0 Å². The molecule has 2 aromatic rings. The number of carbonyl (C=O) groups is 1. The fourth-order valence-electron chi connectivity index (χ4n) is 1.62. The molecule has 5 nitrogen and oxygen atoms in total. The summed E-state index contributed by atoms with van der Waals surface area (Å²) in [6.07, 6.45) is 0. The molecule has 0 fully saturated rings. The van der Waals surface area contributed by atoms with Crippen LogP contribution in [0.4, 0.5) is 4.79 Å². The highest BCUT2D eigenvalue weighted by atomic mass is 16.5. The van der Waals surface area contributed by atoms with E-state index < -0.39 is 0 Å². The van der Waals surface area contributed by atoms with Gasteiger partial charge in [-0.25, -0.2) is 4.79 Å². The molecule has 1 aromatic heterocycles. The van der Waals surface area contributed by atoms with Crippen molar-refractivity contribution >= 4 is 17.0 Å². The largest absolute Gasteiger partial charge is 0.459 e. The summed E-state index contributed by atoms with van der Waals surface area (Å²) in [5, 5.41) is 6.43. The van der Waals surface area contributed by atoms with Gasteiger partial charge in [-0.1, -0.05) is 18.2 Å². The lowest BCUT2D eigenvalue weighted by molar-refractivity contribution is 0.195. The maximum absolute atomic E-state index is 11.4. The predicted molar refractivity (Wildman–Crippen MR) is 68.3 cm³/mol. The highest BCUT2D eigenvalue weighted by molar-refractivity contribution is 5.78. The van der Waals surface area contributed by atoms with Crippen molar-refractivity contribution in [1.82, 2.24) is 10.6 Å². The first-order chi connectivity index (χ1) is 8.79. The number of nitrogens with one attached hydrogen (secondary N) is 2. The molecule has 2 N–H and O–H groups in total. The Labute approximate surface area is 105 Å². The Morgan fingerprint density at radius 1 is 1.33 bits per heavy atom. The lowest BCUT2D eigenvalue weighted by Gasteiger charge is -2.05. The zero-order valence-electron chi connectivity index (χ0n) is 10.2. The fourth-order valence-corrected chi connectivity index (χ4v) is 1.62. The second-order valence-electron chi connectivity index (χ2n) is 3.85. The summed E-state index contributed by atoms with van der Waals surface area (Å²) >= 11 is 0. The summed E-state index contributed by atoms with van der Waals surface area (Å²) in [6, 6.07) is 9.43. The average Bonchev–Trinajstić information content (AvgIpc) is 2.79. The summed E-state index contributed by atoms with van der Waals surface area (Å²) < 4.78 is 10.4. The Bertz CT molecular complexity index is 489. The van der Waals surface area contributed by atoms with Crippen LogP contribution in [-0.4, -0.2) is 26.3 Å². The predicted octanol–water partition coefficient (Wildman–Crippen LogP) is 1.88. The van der Waals surface area contributed by atoms with E-state index in [1.54, 1.807) is 7.11 Å². The number of urea groups is 1. The van der Waals surface area contributed by atoms with E-state index in [2.05, 4.69) is 10.6 Å². The maximum Gasteiger partial charge on any atom is 0.315 e. The third kappa shape index (κ3) is 3.24. The van der Waals surface area contributed by atoms with Crippen LogP contribution >= 0.6 is 0 Å². The third-order valence-corrected chi connectivity index (χ3v) is 2.49. The van der Waals surface area contributed by atoms with Gasteiger partial charge in [-0.05, 0) is 12.1 Å². The lowest BCUT2D eigenvalue weighted by Crippen LogP contribution is -2.36. The van der Waals surface area contributed by atoms with E-state index in [1.807, 2.05) is 30.3 Å². The lowest BCUT2D eigenvalue weighted by atomic mass is 10.2. The zero-order chi connectivity index (χ0) is 12.8. The molecule has 96 valence electrons. The Morgan fingerprint density at radius 3 is 2.94 bits per heavy atom. The third-order valence-electron chi connectivity index (χ3n) is 2.49. The van der Waals surface area contributed by atoms with E-state index in [-0.39, 0.29) is 6.03 Å². The molecule has 0 radical (unpaired) electrons. The molecule has 18 heavy (non-hydrogen) atoms. The second-order valence-corrected chi connectivity index (χ2v) is 3.85. The van der Waals surface area contributed by atoms with Gasteiger partial charge in [0.25, 0.3) is 0 Å². The van der Waals surface area contributed by atoms with Crippen LogP contribution in [0, 0.1) is 0 Å². The molecule has 0 aliphatic rings. The summed E-state index contributed by atoms with van der Waals surface area (Å²) in [4.78, 5) is 11.4. The molecule has 1 aromatic carbocycles. The van der Waals surface area contributed by atoms with Crippen molar-refractivity contribution in [3.8, 4) is 0 Å². The van der Waals surface area contributed by atoms with Crippen molar-refractivity contribution in [2.24, 2.45) is 0 Å². The van der Waals surface area contributed by atoms with Crippen molar-refractivity contribution in [3.63, 3.8) is 0 Å². The molecule has 0 aliphatic heterocycles. The molecule has 0 aliphatic carbocycles. The number of hydrogen-bond acceptors (Lipinski definition) is 3. The maximum atomic E-state index is 11.4. The van der Waals surface area contributed by atoms with Gasteiger partial charge < -0.3 is 19.8 Å². The number of furan rings is 1. The number of benzene rings is 1. The number of methoxy groups -OCH3 is 1. The first-order valence-corrected chi connectivity index (χ1v) is 5.77. The quantitative estimate of drug-likeness (QED) is 0.794. The van der Waals surface area contributed by atoms with Gasteiger partial charge >= 0.3 is 6.03 Å². The van der Waals surface area contributed by atoms with Crippen LogP contribution in [0.3, 0.4) is 0 Å². The molecule has 0 saturated heterocycles. The average molecular weight is 248 g/mol. The monoisotopic (exact) mass is 248 g/mol. The number of rotatable bonds is 5. The Kier molecular flexibility index (Phi) is 4.20. The highest BCUT2D eigenvalue weighted by Crippen LogP contribution is 2.18. The van der Waals surface area contributed by atoms with Crippen molar-refractivity contribution < 1.29 is 13.9 Å². The molecule has 0 bridgehead atoms. The van der Waals surface area contributed by atoms with Gasteiger partial charge in [0.05, 0.1) is 13.2 Å². The van der Waals surface area contributed by atoms with Gasteiger partial charge in [-0.15, -0.1) is 0 Å². The fraction of sp³-hybridized carbons (Fsp3) is 0.308. The molecule has 2 amide bonds. The number of fused-ring (bicyclic) bond motifs is 1. The summed E-state index contributed by atoms with van der Waals surface area (Å²) in [5.41, 5.74) is 0.828. The van der Waals surface area contributed by atoms with Crippen LogP contribution in [0.15, 0.2) is 34.7 Å². The number of amides is 2. The summed E-state index contributed by atoms with van der Waals surface area (Å²) in [6.45, 7) is 1.36. The standard InChI is InChI=1S/C13H16N2O3/c1-17-7-6-14-13(16)15-9-11-8-10-4-2-3-5-12(10)18-11/h2-5,8H,6-7,9H2,1H3,(H2,14,15,16). The number of ether oxygens (including phenoxy) is 1. The van der Waals surface area contributed by atoms with Gasteiger partial charge in [0.15, 0.2) is 0 Å². The van der Waals surface area contributed by atoms with Crippen LogP contribution < -0.4 is 10.6 Å². The number of carbonyl (C=O) groups excluding carboxylic acids is 1. The van der Waals surface area contributed by atoms with Crippen molar-refractivity contribution in [3.05, 3.63) is 36.1 Å². The Balaban J connectivity index is 1.84. The molecule has 0 spiro atoms. The van der Waals surface area contributed by atoms with Crippen molar-refractivity contribution in [2.45, 2.75) is 6.54 Å². The van der Waals surface area contributed by atoms with Gasteiger partial charge in [0, 0.05) is 19.0 Å². The van der Waals surface area contributed by atoms with Gasteiger partial charge in [0.1, 0.15) is 11.3 Å². The highest BCUT2D eigenvalue weighted by Gasteiger charge is 2.04. The normalized spacial score (nSPS) is 10.5. The zero-order valence-corrected chi connectivity index (χ0v) is 10.2. The molecule has 1 heterocycles. The van der Waals surface area contributed by atoms with Crippen molar-refractivity contribution in [2.75, 3.05) is 20.3 Å². The van der Waals surface area contributed by atoms with Crippen LogP contribution in [0.25, 0.3) is 11.0 Å². The van der Waals surface area contributed by atoms with E-state index in [1.165, 1.54) is 0 Å². The molecular formula is C13H16N2O3. The first kappa shape index (κ1) is 12.4. The van der Waals surface area contributed by atoms with E-state index in [4.69, 9.17) is 9.15 Å².